The molecule has 0 spiro atoms. The maximum Gasteiger partial charge on any atom is 0.261 e. The lowest BCUT2D eigenvalue weighted by Crippen LogP contribution is -2.50. The van der Waals surface area contributed by atoms with E-state index in [0.29, 0.717) is 29.7 Å². The van der Waals surface area contributed by atoms with Gasteiger partial charge in [-0.2, -0.15) is 0 Å². The molecule has 0 fully saturated rings. The zero-order valence-corrected chi connectivity index (χ0v) is 20.7. The zero-order valence-electron chi connectivity index (χ0n) is 20.7. The molecule has 4 amide bonds. The second kappa shape index (κ2) is 11.6. The first-order chi connectivity index (χ1) is 16.8. The number of imide groups is 1. The Morgan fingerprint density at radius 2 is 1.60 bits per heavy atom. The smallest absolute Gasteiger partial charge is 0.261 e. The molecule has 0 aliphatic carbocycles. The Labute approximate surface area is 206 Å². The normalized spacial score (nSPS) is 13.6. The number of nitrogens with zero attached hydrogens (tertiary/aromatic N) is 2. The van der Waals surface area contributed by atoms with Crippen molar-refractivity contribution in [2.45, 2.75) is 58.7 Å². The maximum atomic E-state index is 13.3. The highest BCUT2D eigenvalue weighted by Crippen LogP contribution is 2.23. The fourth-order valence-electron chi connectivity index (χ4n) is 4.20. The minimum Gasteiger partial charge on any atom is -0.497 e. The van der Waals surface area contributed by atoms with Crippen molar-refractivity contribution in [3.63, 3.8) is 0 Å². The van der Waals surface area contributed by atoms with Gasteiger partial charge in [0, 0.05) is 25.6 Å². The third-order valence-corrected chi connectivity index (χ3v) is 5.98. The second-order valence-electron chi connectivity index (χ2n) is 8.87. The molecule has 0 bridgehead atoms. The SMILES string of the molecule is CC[C@@H](C(=O)NC(C)C)N(Cc1ccc(OC)cc1)C(=O)CCCN1C(=O)c2ccccc2C1=O. The quantitative estimate of drug-likeness (QED) is 0.499. The molecule has 1 aliphatic heterocycles. The van der Waals surface area contributed by atoms with Gasteiger partial charge in [-0.25, -0.2) is 0 Å². The predicted octanol–water partition coefficient (Wildman–Crippen LogP) is 3.40. The number of carbonyl (C=O) groups is 4. The number of carbonyl (C=O) groups excluding carboxylic acids is 4. The van der Waals surface area contributed by atoms with Crippen molar-refractivity contribution < 1.29 is 23.9 Å². The van der Waals surface area contributed by atoms with Crippen LogP contribution in [0.2, 0.25) is 0 Å². The number of hydrogen-bond acceptors (Lipinski definition) is 5. The lowest BCUT2D eigenvalue weighted by atomic mass is 10.1. The van der Waals surface area contributed by atoms with Crippen molar-refractivity contribution in [1.82, 2.24) is 15.1 Å². The van der Waals surface area contributed by atoms with E-state index in [9.17, 15) is 19.2 Å². The van der Waals surface area contributed by atoms with Gasteiger partial charge < -0.3 is 15.0 Å². The number of methoxy groups -OCH3 is 1. The van der Waals surface area contributed by atoms with Crippen LogP contribution in [0.5, 0.6) is 5.75 Å². The highest BCUT2D eigenvalue weighted by molar-refractivity contribution is 6.21. The van der Waals surface area contributed by atoms with Crippen molar-refractivity contribution in [3.05, 3.63) is 65.2 Å². The van der Waals surface area contributed by atoms with Gasteiger partial charge in [0.05, 0.1) is 18.2 Å². The highest BCUT2D eigenvalue weighted by Gasteiger charge is 2.35. The van der Waals surface area contributed by atoms with Crippen LogP contribution >= 0.6 is 0 Å². The molecule has 2 aromatic rings. The minimum atomic E-state index is -0.633. The third kappa shape index (κ3) is 6.07. The summed E-state index contributed by atoms with van der Waals surface area (Å²) in [6, 6.07) is 13.4. The van der Waals surface area contributed by atoms with Crippen LogP contribution in [0.15, 0.2) is 48.5 Å². The Balaban J connectivity index is 1.71. The van der Waals surface area contributed by atoms with Crippen molar-refractivity contribution >= 4 is 23.6 Å². The molecule has 1 heterocycles. The Morgan fingerprint density at radius 3 is 2.11 bits per heavy atom. The van der Waals surface area contributed by atoms with E-state index >= 15 is 0 Å². The molecule has 1 N–H and O–H groups in total. The van der Waals surface area contributed by atoms with Crippen LogP contribution in [0.4, 0.5) is 0 Å². The molecule has 186 valence electrons. The Bertz CT molecular complexity index is 1050. The lowest BCUT2D eigenvalue weighted by molar-refractivity contribution is -0.141. The first-order valence-electron chi connectivity index (χ1n) is 11.9. The summed E-state index contributed by atoms with van der Waals surface area (Å²) in [5, 5.41) is 2.91. The summed E-state index contributed by atoms with van der Waals surface area (Å²) in [6.07, 6.45) is 0.875. The largest absolute Gasteiger partial charge is 0.497 e. The van der Waals surface area contributed by atoms with Crippen LogP contribution in [-0.4, -0.2) is 59.2 Å². The molecule has 35 heavy (non-hydrogen) atoms. The van der Waals surface area contributed by atoms with E-state index in [4.69, 9.17) is 4.74 Å². The summed E-state index contributed by atoms with van der Waals surface area (Å²) in [5.41, 5.74) is 1.65. The summed E-state index contributed by atoms with van der Waals surface area (Å²) >= 11 is 0. The summed E-state index contributed by atoms with van der Waals surface area (Å²) in [6.45, 7) is 6.03. The number of hydrogen-bond donors (Lipinski definition) is 1. The molecule has 1 aliphatic rings. The summed E-state index contributed by atoms with van der Waals surface area (Å²) in [4.78, 5) is 54.2. The van der Waals surface area contributed by atoms with E-state index in [-0.39, 0.29) is 49.2 Å². The highest BCUT2D eigenvalue weighted by atomic mass is 16.5. The molecule has 1 atom stereocenters. The first-order valence-corrected chi connectivity index (χ1v) is 11.9. The molecule has 0 unspecified atom stereocenters. The number of benzene rings is 2. The maximum absolute atomic E-state index is 13.3. The molecule has 8 heteroatoms. The van der Waals surface area contributed by atoms with Gasteiger partial charge in [-0.3, -0.25) is 24.1 Å². The van der Waals surface area contributed by atoms with E-state index in [0.717, 1.165) is 5.56 Å². The number of amides is 4. The minimum absolute atomic E-state index is 0.0525. The standard InChI is InChI=1S/C27H33N3O5/c1-5-23(25(32)28-18(2)3)30(17-19-12-14-20(35-4)15-13-19)24(31)11-8-16-29-26(33)21-9-6-7-10-22(21)27(29)34/h6-7,9-10,12-15,18,23H,5,8,11,16-17H2,1-4H3,(H,28,32)/t23-/m0/s1. The summed E-state index contributed by atoms with van der Waals surface area (Å²) < 4.78 is 5.21. The lowest BCUT2D eigenvalue weighted by Gasteiger charge is -2.31. The second-order valence-corrected chi connectivity index (χ2v) is 8.87. The molecular weight excluding hydrogens is 446 g/mol. The van der Waals surface area contributed by atoms with E-state index in [1.807, 2.05) is 45.0 Å². The van der Waals surface area contributed by atoms with E-state index in [2.05, 4.69) is 5.32 Å². The monoisotopic (exact) mass is 479 g/mol. The van der Waals surface area contributed by atoms with Crippen LogP contribution in [0.1, 0.15) is 66.3 Å². The third-order valence-electron chi connectivity index (χ3n) is 5.98. The van der Waals surface area contributed by atoms with Gasteiger partial charge in [0.2, 0.25) is 11.8 Å². The van der Waals surface area contributed by atoms with Crippen LogP contribution in [0.25, 0.3) is 0 Å². The fourth-order valence-corrected chi connectivity index (χ4v) is 4.20. The average Bonchev–Trinajstić information content (AvgIpc) is 3.08. The van der Waals surface area contributed by atoms with Crippen LogP contribution in [-0.2, 0) is 16.1 Å². The van der Waals surface area contributed by atoms with Crippen molar-refractivity contribution in [3.8, 4) is 5.75 Å². The van der Waals surface area contributed by atoms with Crippen molar-refractivity contribution in [1.29, 1.82) is 0 Å². The molecule has 0 aromatic heterocycles. The van der Waals surface area contributed by atoms with Gasteiger partial charge in [0.25, 0.3) is 11.8 Å². The van der Waals surface area contributed by atoms with Crippen LogP contribution in [0, 0.1) is 0 Å². The Morgan fingerprint density at radius 1 is 1.00 bits per heavy atom. The average molecular weight is 480 g/mol. The number of ether oxygens (including phenoxy) is 1. The summed E-state index contributed by atoms with van der Waals surface area (Å²) in [5.74, 6) is -0.378. The van der Waals surface area contributed by atoms with Gasteiger partial charge in [-0.05, 0) is 56.5 Å². The first kappa shape index (κ1) is 25.9. The van der Waals surface area contributed by atoms with Crippen LogP contribution in [0.3, 0.4) is 0 Å². The zero-order chi connectivity index (χ0) is 25.5. The predicted molar refractivity (Wildman–Crippen MR) is 132 cm³/mol. The molecule has 0 saturated carbocycles. The van der Waals surface area contributed by atoms with E-state index < -0.39 is 6.04 Å². The van der Waals surface area contributed by atoms with Crippen molar-refractivity contribution in [2.75, 3.05) is 13.7 Å². The fraction of sp³-hybridized carbons (Fsp3) is 0.407. The van der Waals surface area contributed by atoms with Crippen LogP contribution < -0.4 is 10.1 Å². The Kier molecular flexibility index (Phi) is 8.63. The molecular formula is C27H33N3O5. The topological polar surface area (TPSA) is 96.0 Å². The molecule has 0 saturated heterocycles. The summed E-state index contributed by atoms with van der Waals surface area (Å²) in [7, 11) is 1.59. The Hall–Kier alpha value is -3.68. The van der Waals surface area contributed by atoms with Gasteiger partial charge in [-0.15, -0.1) is 0 Å². The van der Waals surface area contributed by atoms with E-state index in [1.165, 1.54) is 4.90 Å². The van der Waals surface area contributed by atoms with Gasteiger partial charge in [-0.1, -0.05) is 31.2 Å². The van der Waals surface area contributed by atoms with Gasteiger partial charge in [0.15, 0.2) is 0 Å². The van der Waals surface area contributed by atoms with Crippen molar-refractivity contribution in [2.24, 2.45) is 0 Å². The van der Waals surface area contributed by atoms with Gasteiger partial charge in [0.1, 0.15) is 11.8 Å². The number of rotatable bonds is 11. The molecule has 3 rings (SSSR count). The van der Waals surface area contributed by atoms with E-state index in [1.54, 1.807) is 36.3 Å². The van der Waals surface area contributed by atoms with Gasteiger partial charge >= 0.3 is 0 Å². The molecule has 8 nitrogen and oxygen atoms in total. The molecule has 0 radical (unpaired) electrons. The molecule has 2 aromatic carbocycles. The number of nitrogens with one attached hydrogen (secondary N) is 1. The number of fused-ring (bicyclic) bond motifs is 1.